The molecule has 9 heteroatoms. The minimum absolute atomic E-state index is 0.104. The second kappa shape index (κ2) is 10.3. The van der Waals surface area contributed by atoms with Crippen molar-refractivity contribution in [3.63, 3.8) is 0 Å². The van der Waals surface area contributed by atoms with Crippen LogP contribution in [0.5, 0.6) is 0 Å². The van der Waals surface area contributed by atoms with E-state index in [9.17, 15) is 14.4 Å². The van der Waals surface area contributed by atoms with E-state index < -0.39 is 6.04 Å². The zero-order chi connectivity index (χ0) is 25.4. The summed E-state index contributed by atoms with van der Waals surface area (Å²) in [6.45, 7) is 2.06. The molecule has 2 N–H and O–H groups in total. The van der Waals surface area contributed by atoms with Crippen LogP contribution in [-0.4, -0.2) is 52.3 Å². The average Bonchev–Trinajstić information content (AvgIpc) is 3.46. The zero-order valence-electron chi connectivity index (χ0n) is 21.2. The van der Waals surface area contributed by atoms with Gasteiger partial charge in [-0.2, -0.15) is 0 Å². The molecule has 9 nitrogen and oxygen atoms in total. The third-order valence-electron chi connectivity index (χ3n) is 8.50. The molecule has 6 rings (SSSR count). The van der Waals surface area contributed by atoms with Crippen molar-refractivity contribution in [1.82, 2.24) is 20.5 Å². The average molecular weight is 506 g/mol. The topological polar surface area (TPSA) is 108 Å². The van der Waals surface area contributed by atoms with Gasteiger partial charge in [-0.05, 0) is 56.6 Å². The summed E-state index contributed by atoms with van der Waals surface area (Å²) in [4.78, 5) is 46.0. The Balaban J connectivity index is 1.18. The van der Waals surface area contributed by atoms with Crippen molar-refractivity contribution >= 4 is 23.4 Å². The predicted octanol–water partition coefficient (Wildman–Crippen LogP) is 3.14. The van der Waals surface area contributed by atoms with Crippen LogP contribution in [-0.2, 0) is 22.7 Å². The molecule has 0 bridgehead atoms. The quantitative estimate of drug-likeness (QED) is 0.504. The number of nitrogens with one attached hydrogen (secondary N) is 2. The van der Waals surface area contributed by atoms with Crippen LogP contribution in [0.2, 0.25) is 0 Å². The predicted molar refractivity (Wildman–Crippen MR) is 137 cm³/mol. The molecule has 1 aromatic heterocycles. The second-order valence-electron chi connectivity index (χ2n) is 10.9. The van der Waals surface area contributed by atoms with Crippen LogP contribution in [0, 0.1) is 5.92 Å². The van der Waals surface area contributed by atoms with E-state index in [4.69, 9.17) is 4.42 Å². The lowest BCUT2D eigenvalue weighted by atomic mass is 9.89. The van der Waals surface area contributed by atoms with Crippen LogP contribution in [0.3, 0.4) is 0 Å². The number of amides is 3. The summed E-state index contributed by atoms with van der Waals surface area (Å²) in [7, 11) is 0. The maximum atomic E-state index is 13.4. The number of fused-ring (bicyclic) bond motifs is 1. The van der Waals surface area contributed by atoms with Gasteiger partial charge in [0.15, 0.2) is 0 Å². The van der Waals surface area contributed by atoms with Crippen LogP contribution < -0.4 is 15.5 Å². The first kappa shape index (κ1) is 24.2. The van der Waals surface area contributed by atoms with Gasteiger partial charge in [0.1, 0.15) is 12.3 Å². The van der Waals surface area contributed by atoms with Crippen LogP contribution in [0.25, 0.3) is 0 Å². The molecule has 3 amide bonds. The van der Waals surface area contributed by atoms with E-state index in [1.54, 1.807) is 17.4 Å². The number of rotatable bonds is 9. The molecule has 3 fully saturated rings. The fourth-order valence-corrected chi connectivity index (χ4v) is 6.23. The van der Waals surface area contributed by atoms with Crippen LogP contribution in [0.4, 0.5) is 5.69 Å². The standard InChI is InChI=1S/C28H35N5O4/c34-25-11-10-24(27(35)31-25)33-17-22-21(28(33)36)2-1-3-23(22)32(14-12-18-4-5-18)20-8-6-19(7-9-20)30-16-26-29-13-15-37-26/h1-3,13,15,18-20,24,30H,4-12,14,16-17H2,(H,31,34,35). The summed E-state index contributed by atoms with van der Waals surface area (Å²) < 4.78 is 5.36. The van der Waals surface area contributed by atoms with Crippen LogP contribution >= 0.6 is 0 Å². The van der Waals surface area contributed by atoms with Gasteiger partial charge in [-0.1, -0.05) is 18.9 Å². The first-order valence-corrected chi connectivity index (χ1v) is 13.7. The molecule has 0 radical (unpaired) electrons. The number of aromatic nitrogens is 1. The first-order chi connectivity index (χ1) is 18.1. The normalized spacial score (nSPS) is 25.8. The lowest BCUT2D eigenvalue weighted by molar-refractivity contribution is -0.136. The summed E-state index contributed by atoms with van der Waals surface area (Å²) in [5, 5.41) is 6.00. The molecule has 37 heavy (non-hydrogen) atoms. The smallest absolute Gasteiger partial charge is 0.255 e. The Hall–Kier alpha value is -3.20. The summed E-state index contributed by atoms with van der Waals surface area (Å²) in [5.41, 5.74) is 2.86. The highest BCUT2D eigenvalue weighted by atomic mass is 16.3. The van der Waals surface area contributed by atoms with Gasteiger partial charge >= 0.3 is 0 Å². The van der Waals surface area contributed by atoms with Gasteiger partial charge in [-0.15, -0.1) is 0 Å². The third kappa shape index (κ3) is 5.14. The molecule has 2 aliphatic heterocycles. The lowest BCUT2D eigenvalue weighted by Crippen LogP contribution is -2.52. The maximum absolute atomic E-state index is 13.4. The molecule has 2 aromatic rings. The van der Waals surface area contributed by atoms with E-state index in [1.165, 1.54) is 19.3 Å². The molecule has 2 saturated carbocycles. The Kier molecular flexibility index (Phi) is 6.71. The Morgan fingerprint density at radius 1 is 1.08 bits per heavy atom. The number of piperidine rings is 1. The fourth-order valence-electron chi connectivity index (χ4n) is 6.23. The zero-order valence-corrected chi connectivity index (χ0v) is 21.2. The number of imide groups is 1. The molecule has 4 aliphatic rings. The number of carbonyl (C=O) groups excluding carboxylic acids is 3. The fraction of sp³-hybridized carbons (Fsp3) is 0.571. The van der Waals surface area contributed by atoms with E-state index in [0.717, 1.165) is 55.3 Å². The van der Waals surface area contributed by atoms with Crippen LogP contribution in [0.1, 0.15) is 79.6 Å². The van der Waals surface area contributed by atoms with Crippen molar-refractivity contribution in [2.45, 2.75) is 89.0 Å². The van der Waals surface area contributed by atoms with E-state index in [2.05, 4.69) is 26.6 Å². The van der Waals surface area contributed by atoms with Gasteiger partial charge in [0.25, 0.3) is 5.91 Å². The minimum Gasteiger partial charge on any atom is -0.448 e. The molecular formula is C28H35N5O4. The number of carbonyl (C=O) groups is 3. The van der Waals surface area contributed by atoms with Crippen molar-refractivity contribution < 1.29 is 18.8 Å². The van der Waals surface area contributed by atoms with Gasteiger partial charge in [0, 0.05) is 48.4 Å². The number of hydrogen-bond donors (Lipinski definition) is 2. The van der Waals surface area contributed by atoms with Crippen molar-refractivity contribution in [1.29, 1.82) is 0 Å². The van der Waals surface area contributed by atoms with Crippen molar-refractivity contribution in [2.24, 2.45) is 5.92 Å². The molecule has 196 valence electrons. The lowest BCUT2D eigenvalue weighted by Gasteiger charge is -2.39. The van der Waals surface area contributed by atoms with E-state index >= 15 is 0 Å². The molecule has 2 aliphatic carbocycles. The van der Waals surface area contributed by atoms with Crippen LogP contribution in [0.15, 0.2) is 35.1 Å². The largest absolute Gasteiger partial charge is 0.448 e. The van der Waals surface area contributed by atoms with Gasteiger partial charge in [0.2, 0.25) is 17.7 Å². The van der Waals surface area contributed by atoms with Gasteiger partial charge in [-0.3, -0.25) is 19.7 Å². The van der Waals surface area contributed by atoms with Crippen molar-refractivity contribution in [3.8, 4) is 0 Å². The number of anilines is 1. The third-order valence-corrected chi connectivity index (χ3v) is 8.50. The molecule has 1 unspecified atom stereocenters. The minimum atomic E-state index is -0.587. The highest BCUT2D eigenvalue weighted by Crippen LogP contribution is 2.39. The number of oxazole rings is 1. The molecule has 1 aromatic carbocycles. The number of nitrogens with zero attached hydrogens (tertiary/aromatic N) is 3. The number of hydrogen-bond acceptors (Lipinski definition) is 7. The highest BCUT2D eigenvalue weighted by Gasteiger charge is 2.41. The Bertz CT molecular complexity index is 1150. The van der Waals surface area contributed by atoms with E-state index in [1.807, 2.05) is 12.1 Å². The Morgan fingerprint density at radius 2 is 1.92 bits per heavy atom. The molecular weight excluding hydrogens is 470 g/mol. The molecule has 3 heterocycles. The van der Waals surface area contributed by atoms with E-state index in [-0.39, 0.29) is 24.1 Å². The van der Waals surface area contributed by atoms with Crippen molar-refractivity contribution in [3.05, 3.63) is 47.7 Å². The maximum Gasteiger partial charge on any atom is 0.255 e. The molecule has 0 spiro atoms. The summed E-state index contributed by atoms with van der Waals surface area (Å²) in [6, 6.07) is 6.29. The van der Waals surface area contributed by atoms with Gasteiger partial charge < -0.3 is 19.5 Å². The molecule has 1 saturated heterocycles. The number of benzene rings is 1. The first-order valence-electron chi connectivity index (χ1n) is 13.7. The summed E-state index contributed by atoms with van der Waals surface area (Å²) in [6.07, 6.45) is 12.1. The molecule has 1 atom stereocenters. The SMILES string of the molecule is O=C1CCC(N2Cc3c(cccc3N(CCC3CC3)C3CCC(NCc4ncco4)CC3)C2=O)C(=O)N1. The van der Waals surface area contributed by atoms with Gasteiger partial charge in [0.05, 0.1) is 12.7 Å². The van der Waals surface area contributed by atoms with E-state index in [0.29, 0.717) is 37.2 Å². The second-order valence-corrected chi connectivity index (χ2v) is 10.9. The monoisotopic (exact) mass is 505 g/mol. The highest BCUT2D eigenvalue weighted by molar-refractivity contribution is 6.06. The Labute approximate surface area is 217 Å². The van der Waals surface area contributed by atoms with Gasteiger partial charge in [-0.25, -0.2) is 4.98 Å². The van der Waals surface area contributed by atoms with Crippen molar-refractivity contribution in [2.75, 3.05) is 11.4 Å². The summed E-state index contributed by atoms with van der Waals surface area (Å²) in [5.74, 6) is 0.814. The summed E-state index contributed by atoms with van der Waals surface area (Å²) >= 11 is 0. The Morgan fingerprint density at radius 3 is 2.65 bits per heavy atom.